The van der Waals surface area contributed by atoms with E-state index < -0.39 is 11.6 Å². The highest BCUT2D eigenvalue weighted by Gasteiger charge is 2.12. The van der Waals surface area contributed by atoms with Crippen LogP contribution in [-0.4, -0.2) is 27.8 Å². The number of aromatic nitrogens is 2. The van der Waals surface area contributed by atoms with Crippen LogP contribution in [0.3, 0.4) is 0 Å². The number of hydrogen-bond acceptors (Lipinski definition) is 3. The SMILES string of the molecule is CNC(=O)c1ccc(-c2ccc3c(cnn3-c3ccc(F)c(O)c3)c2)c(Cl)c1. The second kappa shape index (κ2) is 6.98. The van der Waals surface area contributed by atoms with Crippen LogP contribution >= 0.6 is 11.6 Å². The Bertz CT molecular complexity index is 1220. The van der Waals surface area contributed by atoms with Crippen molar-refractivity contribution in [3.8, 4) is 22.6 Å². The summed E-state index contributed by atoms with van der Waals surface area (Å²) in [7, 11) is 1.57. The minimum absolute atomic E-state index is 0.201. The highest BCUT2D eigenvalue weighted by Crippen LogP contribution is 2.32. The van der Waals surface area contributed by atoms with Gasteiger partial charge in [0.25, 0.3) is 5.91 Å². The molecule has 0 aliphatic carbocycles. The van der Waals surface area contributed by atoms with Crippen molar-refractivity contribution in [2.75, 3.05) is 7.05 Å². The molecule has 0 radical (unpaired) electrons. The lowest BCUT2D eigenvalue weighted by Gasteiger charge is -2.08. The van der Waals surface area contributed by atoms with E-state index >= 15 is 0 Å². The molecule has 0 fully saturated rings. The molecule has 1 amide bonds. The Balaban J connectivity index is 1.75. The first kappa shape index (κ1) is 18.0. The summed E-state index contributed by atoms with van der Waals surface area (Å²) in [6.07, 6.45) is 1.69. The maximum Gasteiger partial charge on any atom is 0.251 e. The van der Waals surface area contributed by atoms with Gasteiger partial charge in [0, 0.05) is 34.6 Å². The molecule has 0 aliphatic rings. The van der Waals surface area contributed by atoms with Crippen molar-refractivity contribution < 1.29 is 14.3 Å². The van der Waals surface area contributed by atoms with Gasteiger partial charge < -0.3 is 10.4 Å². The number of halogens is 2. The number of phenols is 1. The van der Waals surface area contributed by atoms with Crippen LogP contribution < -0.4 is 5.32 Å². The van der Waals surface area contributed by atoms with E-state index in [1.54, 1.807) is 42.2 Å². The zero-order valence-corrected chi connectivity index (χ0v) is 15.5. The van der Waals surface area contributed by atoms with Gasteiger partial charge in [0.2, 0.25) is 0 Å². The van der Waals surface area contributed by atoms with Gasteiger partial charge in [0.15, 0.2) is 11.6 Å². The Kier molecular flexibility index (Phi) is 4.49. The van der Waals surface area contributed by atoms with E-state index in [1.165, 1.54) is 12.1 Å². The third-order valence-electron chi connectivity index (χ3n) is 4.51. The molecule has 28 heavy (non-hydrogen) atoms. The van der Waals surface area contributed by atoms with E-state index in [0.29, 0.717) is 16.3 Å². The van der Waals surface area contributed by atoms with E-state index in [2.05, 4.69) is 10.4 Å². The lowest BCUT2D eigenvalue weighted by atomic mass is 10.0. The van der Waals surface area contributed by atoms with Crippen molar-refractivity contribution >= 4 is 28.4 Å². The van der Waals surface area contributed by atoms with Crippen molar-refractivity contribution in [1.82, 2.24) is 15.1 Å². The van der Waals surface area contributed by atoms with Crippen LogP contribution in [0.25, 0.3) is 27.7 Å². The minimum Gasteiger partial charge on any atom is -0.505 e. The van der Waals surface area contributed by atoms with Crippen molar-refractivity contribution in [2.24, 2.45) is 0 Å². The molecule has 140 valence electrons. The molecule has 0 atom stereocenters. The number of hydrogen-bond donors (Lipinski definition) is 2. The molecule has 1 heterocycles. The molecule has 7 heteroatoms. The molecule has 3 aromatic carbocycles. The van der Waals surface area contributed by atoms with Crippen LogP contribution in [0.1, 0.15) is 10.4 Å². The summed E-state index contributed by atoms with van der Waals surface area (Å²) in [5.41, 5.74) is 3.51. The quantitative estimate of drug-likeness (QED) is 0.534. The fourth-order valence-electron chi connectivity index (χ4n) is 3.07. The molecule has 4 rings (SSSR count). The molecular formula is C21H15ClFN3O2. The van der Waals surface area contributed by atoms with Gasteiger partial charge in [0.1, 0.15) is 0 Å². The fourth-order valence-corrected chi connectivity index (χ4v) is 3.36. The van der Waals surface area contributed by atoms with Gasteiger partial charge in [-0.1, -0.05) is 23.7 Å². The molecule has 2 N–H and O–H groups in total. The Labute approximate surface area is 165 Å². The average molecular weight is 396 g/mol. The van der Waals surface area contributed by atoms with Crippen LogP contribution in [0.5, 0.6) is 5.75 Å². The molecular weight excluding hydrogens is 381 g/mol. The standard InChI is InChI=1S/C21H15ClFN3O2/c1-24-21(28)13-2-5-16(17(22)9-13)12-3-7-19-14(8-12)11-25-26(19)15-4-6-18(23)20(27)10-15/h2-11,27H,1H3,(H,24,28). The van der Waals surface area contributed by atoms with Crippen LogP contribution in [0.2, 0.25) is 5.02 Å². The molecule has 4 aromatic rings. The van der Waals surface area contributed by atoms with Gasteiger partial charge in [-0.2, -0.15) is 5.10 Å². The van der Waals surface area contributed by atoms with E-state index in [9.17, 15) is 14.3 Å². The van der Waals surface area contributed by atoms with Crippen molar-refractivity contribution in [3.63, 3.8) is 0 Å². The Morgan fingerprint density at radius 3 is 2.68 bits per heavy atom. The van der Waals surface area contributed by atoms with Crippen LogP contribution in [0.4, 0.5) is 4.39 Å². The topological polar surface area (TPSA) is 67.2 Å². The zero-order valence-electron chi connectivity index (χ0n) is 14.8. The summed E-state index contributed by atoms with van der Waals surface area (Å²) in [5.74, 6) is -1.31. The first-order valence-electron chi connectivity index (χ1n) is 8.46. The predicted molar refractivity (Wildman–Crippen MR) is 107 cm³/mol. The second-order valence-corrected chi connectivity index (χ2v) is 6.65. The zero-order chi connectivity index (χ0) is 19.8. The number of nitrogens with one attached hydrogen (secondary N) is 1. The summed E-state index contributed by atoms with van der Waals surface area (Å²) in [4.78, 5) is 11.7. The van der Waals surface area contributed by atoms with Gasteiger partial charge in [-0.15, -0.1) is 0 Å². The van der Waals surface area contributed by atoms with Gasteiger partial charge >= 0.3 is 0 Å². The largest absolute Gasteiger partial charge is 0.505 e. The molecule has 1 aromatic heterocycles. The molecule has 0 unspecified atom stereocenters. The summed E-state index contributed by atoms with van der Waals surface area (Å²) >= 11 is 6.39. The Hall–Kier alpha value is -3.38. The van der Waals surface area contributed by atoms with Gasteiger partial charge in [0.05, 0.1) is 17.4 Å². The third kappa shape index (κ3) is 3.08. The van der Waals surface area contributed by atoms with Crippen molar-refractivity contribution in [2.45, 2.75) is 0 Å². The van der Waals surface area contributed by atoms with Gasteiger partial charge in [-0.05, 0) is 42.0 Å². The normalized spacial score (nSPS) is 11.0. The molecule has 0 bridgehead atoms. The summed E-state index contributed by atoms with van der Waals surface area (Å²) in [5, 5.41) is 17.8. The van der Waals surface area contributed by atoms with Gasteiger partial charge in [-0.3, -0.25) is 4.79 Å². The number of benzene rings is 3. The third-order valence-corrected chi connectivity index (χ3v) is 4.82. The van der Waals surface area contributed by atoms with E-state index in [1.807, 2.05) is 18.2 Å². The fraction of sp³-hybridized carbons (Fsp3) is 0.0476. The number of fused-ring (bicyclic) bond motifs is 1. The van der Waals surface area contributed by atoms with Crippen LogP contribution in [0, 0.1) is 5.82 Å². The number of carbonyl (C=O) groups is 1. The van der Waals surface area contributed by atoms with E-state index in [0.717, 1.165) is 22.0 Å². The Morgan fingerprint density at radius 1 is 1.14 bits per heavy atom. The van der Waals surface area contributed by atoms with E-state index in [-0.39, 0.29) is 5.91 Å². The summed E-state index contributed by atoms with van der Waals surface area (Å²) in [6.45, 7) is 0. The van der Waals surface area contributed by atoms with E-state index in [4.69, 9.17) is 11.6 Å². The highest BCUT2D eigenvalue weighted by atomic mass is 35.5. The molecule has 0 spiro atoms. The highest BCUT2D eigenvalue weighted by molar-refractivity contribution is 6.33. The summed E-state index contributed by atoms with van der Waals surface area (Å²) < 4.78 is 14.9. The molecule has 0 aliphatic heterocycles. The number of nitrogens with zero attached hydrogens (tertiary/aromatic N) is 2. The summed E-state index contributed by atoms with van der Waals surface area (Å²) in [6, 6.07) is 14.9. The van der Waals surface area contributed by atoms with Gasteiger partial charge in [-0.25, -0.2) is 9.07 Å². The number of carbonyl (C=O) groups excluding carboxylic acids is 1. The molecule has 0 saturated heterocycles. The smallest absolute Gasteiger partial charge is 0.251 e. The Morgan fingerprint density at radius 2 is 1.96 bits per heavy atom. The lowest BCUT2D eigenvalue weighted by Crippen LogP contribution is -2.17. The maximum absolute atomic E-state index is 13.3. The first-order valence-corrected chi connectivity index (χ1v) is 8.84. The lowest BCUT2D eigenvalue weighted by molar-refractivity contribution is 0.0963. The van der Waals surface area contributed by atoms with Crippen LogP contribution in [0.15, 0.2) is 60.8 Å². The minimum atomic E-state index is -0.683. The van der Waals surface area contributed by atoms with Crippen molar-refractivity contribution in [1.29, 1.82) is 0 Å². The van der Waals surface area contributed by atoms with Crippen molar-refractivity contribution in [3.05, 3.63) is 77.2 Å². The molecule has 0 saturated carbocycles. The monoisotopic (exact) mass is 395 g/mol. The average Bonchev–Trinajstić information content (AvgIpc) is 3.12. The first-order chi connectivity index (χ1) is 13.5. The number of rotatable bonds is 3. The number of aromatic hydroxyl groups is 1. The van der Waals surface area contributed by atoms with Crippen LogP contribution in [-0.2, 0) is 0 Å². The number of amides is 1. The second-order valence-electron chi connectivity index (χ2n) is 6.24. The predicted octanol–water partition coefficient (Wildman–Crippen LogP) is 4.55. The molecule has 5 nitrogen and oxygen atoms in total. The maximum atomic E-state index is 13.3. The number of phenolic OH excluding ortho intramolecular Hbond substituents is 1.